The number of methoxy groups -OCH3 is 1. The van der Waals surface area contributed by atoms with Gasteiger partial charge in [-0.3, -0.25) is 4.79 Å². The maximum absolute atomic E-state index is 13.6. The maximum Gasteiger partial charge on any atom is 0.234 e. The maximum atomic E-state index is 13.6. The number of benzene rings is 2. The second-order valence-corrected chi connectivity index (χ2v) is 6.10. The summed E-state index contributed by atoms with van der Waals surface area (Å²) in [6.07, 6.45) is 0. The van der Waals surface area contributed by atoms with Crippen molar-refractivity contribution in [3.63, 3.8) is 0 Å². The molecule has 0 fully saturated rings. The van der Waals surface area contributed by atoms with Crippen LogP contribution in [-0.4, -0.2) is 18.8 Å². The average Bonchev–Trinajstić information content (AvgIpc) is 2.48. The summed E-state index contributed by atoms with van der Waals surface area (Å²) in [5.74, 6) is 0.204. The van der Waals surface area contributed by atoms with Gasteiger partial charge in [0.2, 0.25) is 5.91 Å². The summed E-state index contributed by atoms with van der Waals surface area (Å²) in [7, 11) is 1.59. The number of thioether (sulfide) groups is 1. The topological polar surface area (TPSA) is 38.3 Å². The Hall–Kier alpha value is -1.53. The molecule has 0 saturated carbocycles. The van der Waals surface area contributed by atoms with Gasteiger partial charge in [0.1, 0.15) is 11.6 Å². The Morgan fingerprint density at radius 2 is 2.14 bits per heavy atom. The summed E-state index contributed by atoms with van der Waals surface area (Å²) in [5.41, 5.74) is 0.175. The molecule has 0 atom stereocenters. The van der Waals surface area contributed by atoms with Gasteiger partial charge >= 0.3 is 0 Å². The van der Waals surface area contributed by atoms with E-state index < -0.39 is 5.82 Å². The third-order valence-electron chi connectivity index (χ3n) is 2.62. The molecule has 6 heteroatoms. The fraction of sp³-hybridized carbons (Fsp3) is 0.133. The lowest BCUT2D eigenvalue weighted by molar-refractivity contribution is -0.113. The number of carbonyl (C=O) groups excluding carboxylic acids is 1. The van der Waals surface area contributed by atoms with Crippen molar-refractivity contribution in [2.75, 3.05) is 18.2 Å². The first kappa shape index (κ1) is 15.9. The molecular formula is C15H13BrFNO2S. The first-order chi connectivity index (χ1) is 10.1. The monoisotopic (exact) mass is 369 g/mol. The number of hydrogen-bond donors (Lipinski definition) is 1. The van der Waals surface area contributed by atoms with Gasteiger partial charge in [0.25, 0.3) is 0 Å². The van der Waals surface area contributed by atoms with Gasteiger partial charge in [0.05, 0.1) is 18.6 Å². The molecule has 0 bridgehead atoms. The van der Waals surface area contributed by atoms with Crippen LogP contribution < -0.4 is 10.1 Å². The summed E-state index contributed by atoms with van der Waals surface area (Å²) in [6, 6.07) is 11.9. The minimum absolute atomic E-state index is 0.175. The zero-order valence-electron chi connectivity index (χ0n) is 11.2. The number of ether oxygens (including phenoxy) is 1. The highest BCUT2D eigenvalue weighted by Gasteiger charge is 2.08. The van der Waals surface area contributed by atoms with Crippen molar-refractivity contribution in [1.82, 2.24) is 0 Å². The van der Waals surface area contributed by atoms with Gasteiger partial charge in [-0.05, 0) is 36.4 Å². The van der Waals surface area contributed by atoms with Gasteiger partial charge in [-0.15, -0.1) is 11.8 Å². The zero-order chi connectivity index (χ0) is 15.2. The van der Waals surface area contributed by atoms with Gasteiger partial charge < -0.3 is 10.1 Å². The minimum Gasteiger partial charge on any atom is -0.497 e. The lowest BCUT2D eigenvalue weighted by Gasteiger charge is -2.07. The van der Waals surface area contributed by atoms with Gasteiger partial charge in [0.15, 0.2) is 0 Å². The van der Waals surface area contributed by atoms with Crippen LogP contribution in [-0.2, 0) is 4.79 Å². The molecule has 0 aliphatic rings. The Morgan fingerprint density at radius 1 is 1.33 bits per heavy atom. The van der Waals surface area contributed by atoms with Crippen LogP contribution in [0.25, 0.3) is 0 Å². The molecule has 1 N–H and O–H groups in total. The lowest BCUT2D eigenvalue weighted by atomic mass is 10.3. The van der Waals surface area contributed by atoms with Crippen molar-refractivity contribution in [3.8, 4) is 5.75 Å². The van der Waals surface area contributed by atoms with Crippen LogP contribution in [0.15, 0.2) is 51.8 Å². The highest BCUT2D eigenvalue weighted by molar-refractivity contribution is 9.10. The normalized spacial score (nSPS) is 10.2. The van der Waals surface area contributed by atoms with E-state index in [1.807, 2.05) is 24.3 Å². The van der Waals surface area contributed by atoms with E-state index in [9.17, 15) is 9.18 Å². The highest BCUT2D eigenvalue weighted by atomic mass is 79.9. The number of halogens is 2. The molecule has 2 aromatic rings. The van der Waals surface area contributed by atoms with E-state index in [0.29, 0.717) is 4.47 Å². The van der Waals surface area contributed by atoms with E-state index in [4.69, 9.17) is 4.74 Å². The Kier molecular flexibility index (Phi) is 5.64. The number of carbonyl (C=O) groups is 1. The quantitative estimate of drug-likeness (QED) is 0.797. The van der Waals surface area contributed by atoms with Crippen LogP contribution in [0.5, 0.6) is 5.75 Å². The van der Waals surface area contributed by atoms with Crippen molar-refractivity contribution in [3.05, 3.63) is 52.8 Å². The second kappa shape index (κ2) is 7.47. The molecule has 0 aliphatic carbocycles. The third-order valence-corrected chi connectivity index (χ3v) is 4.10. The molecule has 1 amide bonds. The van der Waals surface area contributed by atoms with Gasteiger partial charge in [-0.1, -0.05) is 22.0 Å². The summed E-state index contributed by atoms with van der Waals surface area (Å²) >= 11 is 4.53. The van der Waals surface area contributed by atoms with Crippen LogP contribution in [0, 0.1) is 5.82 Å². The number of hydrogen-bond acceptors (Lipinski definition) is 3. The van der Waals surface area contributed by atoms with Gasteiger partial charge in [-0.25, -0.2) is 4.39 Å². The third kappa shape index (κ3) is 4.75. The standard InChI is InChI=1S/C15H13BrFNO2S/c1-20-11-3-2-4-12(8-11)21-9-15(19)18-14-6-5-10(16)7-13(14)17/h2-8H,9H2,1H3,(H,18,19). The van der Waals surface area contributed by atoms with Crippen LogP contribution >= 0.6 is 27.7 Å². The van der Waals surface area contributed by atoms with Crippen molar-refractivity contribution in [2.24, 2.45) is 0 Å². The summed E-state index contributed by atoms with van der Waals surface area (Å²) in [6.45, 7) is 0. The van der Waals surface area contributed by atoms with E-state index >= 15 is 0 Å². The predicted molar refractivity (Wildman–Crippen MR) is 86.4 cm³/mol. The van der Waals surface area contributed by atoms with Gasteiger partial charge in [-0.2, -0.15) is 0 Å². The fourth-order valence-corrected chi connectivity index (χ4v) is 2.69. The predicted octanol–water partition coefficient (Wildman–Crippen LogP) is 4.33. The minimum atomic E-state index is -0.468. The average molecular weight is 370 g/mol. The number of rotatable bonds is 5. The molecular weight excluding hydrogens is 357 g/mol. The first-order valence-corrected chi connectivity index (χ1v) is 7.88. The second-order valence-electron chi connectivity index (χ2n) is 4.14. The summed E-state index contributed by atoms with van der Waals surface area (Å²) in [5, 5.41) is 2.55. The van der Waals surface area contributed by atoms with Crippen molar-refractivity contribution < 1.29 is 13.9 Å². The van der Waals surface area contributed by atoms with Crippen LogP contribution in [0.4, 0.5) is 10.1 Å². The molecule has 0 spiro atoms. The van der Waals surface area contributed by atoms with E-state index in [2.05, 4.69) is 21.2 Å². The van der Waals surface area contributed by atoms with E-state index in [0.717, 1.165) is 10.6 Å². The van der Waals surface area contributed by atoms with E-state index in [1.165, 1.54) is 23.9 Å². The first-order valence-electron chi connectivity index (χ1n) is 6.10. The summed E-state index contributed by atoms with van der Waals surface area (Å²) in [4.78, 5) is 12.8. The Morgan fingerprint density at radius 3 is 2.86 bits per heavy atom. The highest BCUT2D eigenvalue weighted by Crippen LogP contribution is 2.24. The number of amides is 1. The molecule has 0 aliphatic heterocycles. The molecule has 21 heavy (non-hydrogen) atoms. The molecule has 2 rings (SSSR count). The Bertz CT molecular complexity index is 651. The Labute approximate surface area is 135 Å². The molecule has 3 nitrogen and oxygen atoms in total. The molecule has 110 valence electrons. The van der Waals surface area contributed by atoms with Crippen molar-refractivity contribution in [2.45, 2.75) is 4.90 Å². The van der Waals surface area contributed by atoms with Gasteiger partial charge in [0, 0.05) is 9.37 Å². The molecule has 0 radical (unpaired) electrons. The van der Waals surface area contributed by atoms with Crippen LogP contribution in [0.2, 0.25) is 0 Å². The van der Waals surface area contributed by atoms with Crippen LogP contribution in [0.1, 0.15) is 0 Å². The molecule has 0 aromatic heterocycles. The van der Waals surface area contributed by atoms with Crippen LogP contribution in [0.3, 0.4) is 0 Å². The smallest absolute Gasteiger partial charge is 0.234 e. The molecule has 0 unspecified atom stereocenters. The molecule has 0 saturated heterocycles. The SMILES string of the molecule is COc1cccc(SCC(=O)Nc2ccc(Br)cc2F)c1. The summed E-state index contributed by atoms with van der Waals surface area (Å²) < 4.78 is 19.3. The van der Waals surface area contributed by atoms with Crippen molar-refractivity contribution in [1.29, 1.82) is 0 Å². The largest absolute Gasteiger partial charge is 0.497 e. The number of nitrogens with one attached hydrogen (secondary N) is 1. The Balaban J connectivity index is 1.92. The zero-order valence-corrected chi connectivity index (χ0v) is 13.6. The molecule has 2 aromatic carbocycles. The molecule has 0 heterocycles. The fourth-order valence-electron chi connectivity index (χ4n) is 1.62. The van der Waals surface area contributed by atoms with Crippen molar-refractivity contribution >= 4 is 39.3 Å². The lowest BCUT2D eigenvalue weighted by Crippen LogP contribution is -2.15. The van der Waals surface area contributed by atoms with E-state index in [1.54, 1.807) is 13.2 Å². The number of anilines is 1. The van der Waals surface area contributed by atoms with E-state index in [-0.39, 0.29) is 17.3 Å².